The number of carboxylic acids is 1. The molecule has 19 heavy (non-hydrogen) atoms. The Labute approximate surface area is 110 Å². The minimum absolute atomic E-state index is 0.146. The molecule has 0 saturated carbocycles. The molecule has 6 nitrogen and oxygen atoms in total. The van der Waals surface area contributed by atoms with Crippen LogP contribution >= 0.6 is 0 Å². The highest BCUT2D eigenvalue weighted by atomic mass is 32.2. The van der Waals surface area contributed by atoms with Crippen molar-refractivity contribution in [1.82, 2.24) is 0 Å². The van der Waals surface area contributed by atoms with E-state index in [0.717, 1.165) is 4.31 Å². The van der Waals surface area contributed by atoms with Gasteiger partial charge in [-0.25, -0.2) is 12.7 Å². The van der Waals surface area contributed by atoms with Gasteiger partial charge in [0.1, 0.15) is 0 Å². The Balaban J connectivity index is 2.30. The van der Waals surface area contributed by atoms with E-state index < -0.39 is 26.6 Å². The van der Waals surface area contributed by atoms with E-state index in [-0.39, 0.29) is 12.1 Å². The highest BCUT2D eigenvalue weighted by Crippen LogP contribution is 2.38. The van der Waals surface area contributed by atoms with E-state index >= 15 is 0 Å². The topological polar surface area (TPSA) is 91.8 Å². The molecule has 0 bridgehead atoms. The summed E-state index contributed by atoms with van der Waals surface area (Å²) in [5.41, 5.74) is 0.777. The summed E-state index contributed by atoms with van der Waals surface area (Å²) >= 11 is 0. The van der Waals surface area contributed by atoms with Crippen molar-refractivity contribution in [2.75, 3.05) is 4.31 Å². The Morgan fingerprint density at radius 1 is 1.26 bits per heavy atom. The van der Waals surface area contributed by atoms with Gasteiger partial charge >= 0.3 is 5.97 Å². The molecule has 0 aromatic heterocycles. The normalized spacial score (nSPS) is 19.9. The summed E-state index contributed by atoms with van der Waals surface area (Å²) in [6.07, 6.45) is -0.146. The average molecular weight is 283 g/mol. The first-order valence-corrected chi connectivity index (χ1v) is 7.02. The van der Waals surface area contributed by atoms with Crippen molar-refractivity contribution < 1.29 is 23.1 Å². The lowest BCUT2D eigenvalue weighted by Gasteiger charge is -2.42. The summed E-state index contributed by atoms with van der Waals surface area (Å²) in [6.45, 7) is 2.72. The van der Waals surface area contributed by atoms with Crippen LogP contribution in [0.25, 0.3) is 0 Å². The second-order valence-electron chi connectivity index (χ2n) is 4.82. The van der Waals surface area contributed by atoms with E-state index in [1.165, 1.54) is 38.1 Å². The van der Waals surface area contributed by atoms with Crippen LogP contribution in [0.5, 0.6) is 0 Å². The van der Waals surface area contributed by atoms with Crippen LogP contribution in [0.1, 0.15) is 19.4 Å². The van der Waals surface area contributed by atoms with Crippen molar-refractivity contribution >= 4 is 27.6 Å². The summed E-state index contributed by atoms with van der Waals surface area (Å²) in [4.78, 5) is 22.3. The second kappa shape index (κ2) is 4.06. The summed E-state index contributed by atoms with van der Waals surface area (Å²) in [6, 6.07) is 5.86. The number of amides is 1. The zero-order chi connectivity index (χ0) is 14.4. The van der Waals surface area contributed by atoms with E-state index in [1.807, 2.05) is 0 Å². The standard InChI is InChI=1S/C12H13NO5S/c1-12(2)11(16)13(19(12,17)18)9-5-3-8(4-6-9)7-10(14)15/h3-6H,7H2,1-2H3,(H,14,15). The number of carboxylic acid groups (broad SMARTS) is 1. The van der Waals surface area contributed by atoms with Gasteiger partial charge in [0.25, 0.3) is 15.9 Å². The van der Waals surface area contributed by atoms with E-state index in [4.69, 9.17) is 5.11 Å². The quantitative estimate of drug-likeness (QED) is 0.884. The molecule has 1 aliphatic rings. The Hall–Kier alpha value is -1.89. The van der Waals surface area contributed by atoms with Crippen molar-refractivity contribution in [3.8, 4) is 0 Å². The molecule has 2 rings (SSSR count). The third-order valence-electron chi connectivity index (χ3n) is 3.11. The molecule has 102 valence electrons. The van der Waals surface area contributed by atoms with Crippen molar-refractivity contribution in [3.05, 3.63) is 29.8 Å². The molecule has 1 aromatic rings. The summed E-state index contributed by atoms with van der Waals surface area (Å²) in [5, 5.41) is 8.64. The van der Waals surface area contributed by atoms with Crippen LogP contribution in [0.2, 0.25) is 0 Å². The molecule has 0 unspecified atom stereocenters. The lowest BCUT2D eigenvalue weighted by Crippen LogP contribution is -2.67. The van der Waals surface area contributed by atoms with Crippen LogP contribution in [-0.4, -0.2) is 30.1 Å². The van der Waals surface area contributed by atoms with Gasteiger partial charge in [-0.15, -0.1) is 0 Å². The summed E-state index contributed by atoms with van der Waals surface area (Å²) < 4.78 is 23.3. The van der Waals surface area contributed by atoms with Gasteiger partial charge in [0.05, 0.1) is 12.1 Å². The molecule has 1 aliphatic heterocycles. The maximum absolute atomic E-state index is 12.0. The molecule has 1 aromatic carbocycles. The van der Waals surface area contributed by atoms with Gasteiger partial charge in [-0.1, -0.05) is 12.1 Å². The molecule has 0 spiro atoms. The number of rotatable bonds is 3. The van der Waals surface area contributed by atoms with Crippen molar-refractivity contribution in [3.63, 3.8) is 0 Å². The van der Waals surface area contributed by atoms with Crippen LogP contribution in [0, 0.1) is 0 Å². The highest BCUT2D eigenvalue weighted by molar-refractivity contribution is 7.98. The molecule has 0 aliphatic carbocycles. The number of benzene rings is 1. The smallest absolute Gasteiger partial charge is 0.307 e. The van der Waals surface area contributed by atoms with E-state index in [9.17, 15) is 18.0 Å². The fourth-order valence-electron chi connectivity index (χ4n) is 1.83. The first-order valence-electron chi connectivity index (χ1n) is 5.58. The van der Waals surface area contributed by atoms with Gasteiger partial charge in [-0.3, -0.25) is 9.59 Å². The first kappa shape index (κ1) is 13.5. The maximum atomic E-state index is 12.0. The van der Waals surface area contributed by atoms with Crippen LogP contribution < -0.4 is 4.31 Å². The number of carbonyl (C=O) groups is 2. The molecule has 7 heteroatoms. The van der Waals surface area contributed by atoms with Gasteiger partial charge in [-0.2, -0.15) is 0 Å². The number of anilines is 1. The fourth-order valence-corrected chi connectivity index (χ4v) is 3.32. The number of hydrogen-bond acceptors (Lipinski definition) is 4. The van der Waals surface area contributed by atoms with Crippen LogP contribution in [0.3, 0.4) is 0 Å². The lowest BCUT2D eigenvalue weighted by molar-refractivity contribution is -0.136. The second-order valence-corrected chi connectivity index (χ2v) is 7.16. The van der Waals surface area contributed by atoms with E-state index in [2.05, 4.69) is 0 Å². The Morgan fingerprint density at radius 2 is 1.79 bits per heavy atom. The molecule has 1 fully saturated rings. The van der Waals surface area contributed by atoms with Gasteiger partial charge in [0.2, 0.25) is 0 Å². The minimum Gasteiger partial charge on any atom is -0.481 e. The molecule has 0 radical (unpaired) electrons. The molecule has 0 atom stereocenters. The van der Waals surface area contributed by atoms with Crippen molar-refractivity contribution in [1.29, 1.82) is 0 Å². The largest absolute Gasteiger partial charge is 0.481 e. The predicted molar refractivity (Wildman–Crippen MR) is 68.3 cm³/mol. The molecular formula is C12H13NO5S. The van der Waals surface area contributed by atoms with E-state index in [0.29, 0.717) is 5.56 Å². The van der Waals surface area contributed by atoms with Gasteiger partial charge in [0, 0.05) is 0 Å². The summed E-state index contributed by atoms with van der Waals surface area (Å²) in [5.74, 6) is -1.46. The zero-order valence-electron chi connectivity index (χ0n) is 10.5. The van der Waals surface area contributed by atoms with Crippen LogP contribution in [0.15, 0.2) is 24.3 Å². The lowest BCUT2D eigenvalue weighted by atomic mass is 10.1. The number of nitrogens with zero attached hydrogens (tertiary/aromatic N) is 1. The number of hydrogen-bond donors (Lipinski definition) is 1. The number of carbonyl (C=O) groups excluding carboxylic acids is 1. The molecule has 1 N–H and O–H groups in total. The Morgan fingerprint density at radius 3 is 2.21 bits per heavy atom. The summed E-state index contributed by atoms with van der Waals surface area (Å²) in [7, 11) is -3.67. The highest BCUT2D eigenvalue weighted by Gasteiger charge is 2.60. The third-order valence-corrected chi connectivity index (χ3v) is 5.43. The van der Waals surface area contributed by atoms with Gasteiger partial charge in [-0.05, 0) is 31.5 Å². The van der Waals surface area contributed by atoms with Crippen LogP contribution in [0.4, 0.5) is 5.69 Å². The molecular weight excluding hydrogens is 270 g/mol. The average Bonchev–Trinajstić information content (AvgIpc) is 2.30. The van der Waals surface area contributed by atoms with Gasteiger partial charge < -0.3 is 5.11 Å². The molecule has 1 amide bonds. The van der Waals surface area contributed by atoms with Crippen molar-refractivity contribution in [2.24, 2.45) is 0 Å². The number of sulfonamides is 1. The minimum atomic E-state index is -3.67. The van der Waals surface area contributed by atoms with Crippen molar-refractivity contribution in [2.45, 2.75) is 25.0 Å². The van der Waals surface area contributed by atoms with E-state index in [1.54, 1.807) is 0 Å². The Kier molecular flexibility index (Phi) is 2.89. The fraction of sp³-hybridized carbons (Fsp3) is 0.333. The van der Waals surface area contributed by atoms with Crippen LogP contribution in [-0.2, 0) is 26.0 Å². The molecule has 1 heterocycles. The van der Waals surface area contributed by atoms with Gasteiger partial charge in [0.15, 0.2) is 4.75 Å². The zero-order valence-corrected chi connectivity index (χ0v) is 11.3. The predicted octanol–water partition coefficient (Wildman–Crippen LogP) is 0.769. The maximum Gasteiger partial charge on any atom is 0.307 e. The molecule has 1 saturated heterocycles. The number of aliphatic carboxylic acids is 1. The SMILES string of the molecule is CC1(C)C(=O)N(c2ccc(CC(=O)O)cc2)S1(=O)=O. The monoisotopic (exact) mass is 283 g/mol. The third kappa shape index (κ3) is 1.90. The Bertz CT molecular complexity index is 645. The first-order chi connectivity index (χ1) is 8.68.